The Kier molecular flexibility index (Phi) is 6.99. The van der Waals surface area contributed by atoms with Crippen molar-refractivity contribution in [1.29, 1.82) is 5.26 Å². The van der Waals surface area contributed by atoms with Crippen LogP contribution in [-0.2, 0) is 11.2 Å². The molecule has 5 heteroatoms. The molecule has 2 aromatic rings. The topological polar surface area (TPSA) is 62.1 Å². The van der Waals surface area contributed by atoms with Gasteiger partial charge in [0.25, 0.3) is 5.91 Å². The van der Waals surface area contributed by atoms with Gasteiger partial charge in [-0.1, -0.05) is 31.2 Å². The molecule has 2 rings (SSSR count). The number of ether oxygens (including phenoxy) is 1. The number of nitrogens with zero attached hydrogens (tertiary/aromatic N) is 1. The number of hydrogen-bond donors (Lipinski definition) is 1. The molecule has 26 heavy (non-hydrogen) atoms. The van der Waals surface area contributed by atoms with Crippen LogP contribution < -0.4 is 10.1 Å². The van der Waals surface area contributed by atoms with Crippen molar-refractivity contribution in [2.45, 2.75) is 33.3 Å². The first kappa shape index (κ1) is 19.7. The van der Waals surface area contributed by atoms with E-state index in [-0.39, 0.29) is 11.7 Å². The molecule has 0 bridgehead atoms. The van der Waals surface area contributed by atoms with Gasteiger partial charge in [-0.3, -0.25) is 4.79 Å². The fourth-order valence-electron chi connectivity index (χ4n) is 2.41. The van der Waals surface area contributed by atoms with E-state index in [1.54, 1.807) is 6.08 Å². The second kappa shape index (κ2) is 9.21. The number of nitrogens with one attached hydrogen (secondary N) is 1. The maximum atomic E-state index is 12.5. The minimum absolute atomic E-state index is 0.0420. The van der Waals surface area contributed by atoms with Crippen molar-refractivity contribution >= 4 is 33.6 Å². The minimum atomic E-state index is -0.424. The van der Waals surface area contributed by atoms with Gasteiger partial charge in [0.15, 0.2) is 0 Å². The predicted molar refractivity (Wildman–Crippen MR) is 108 cm³/mol. The van der Waals surface area contributed by atoms with Crippen LogP contribution in [0.2, 0.25) is 0 Å². The molecule has 0 aromatic heterocycles. The maximum Gasteiger partial charge on any atom is 0.266 e. The number of carbonyl (C=O) groups excluding carboxylic acids is 1. The summed E-state index contributed by atoms with van der Waals surface area (Å²) in [7, 11) is 0. The average molecular weight is 413 g/mol. The van der Waals surface area contributed by atoms with Crippen LogP contribution in [0.25, 0.3) is 6.08 Å². The standard InChI is InChI=1S/C21H21BrN2O2/c1-4-16-7-5-6-8-19(16)24-21(25)17(13-23)11-15-9-10-20(18(22)12-15)26-14(2)3/h5-12,14H,4H2,1-3H3,(H,24,25)/b17-11+. The molecule has 0 aliphatic heterocycles. The van der Waals surface area contributed by atoms with Crippen molar-refractivity contribution in [2.75, 3.05) is 5.32 Å². The predicted octanol–water partition coefficient (Wildman–Crippen LogP) is 5.34. The van der Waals surface area contributed by atoms with Crippen LogP contribution in [0, 0.1) is 11.3 Å². The molecule has 0 heterocycles. The van der Waals surface area contributed by atoms with Gasteiger partial charge in [-0.25, -0.2) is 0 Å². The summed E-state index contributed by atoms with van der Waals surface area (Å²) in [6, 6.07) is 15.0. The lowest BCUT2D eigenvalue weighted by atomic mass is 10.1. The Morgan fingerprint density at radius 1 is 1.31 bits per heavy atom. The molecule has 0 fully saturated rings. The first-order valence-corrected chi connectivity index (χ1v) is 9.21. The third-order valence-electron chi connectivity index (χ3n) is 3.64. The molecule has 0 saturated carbocycles. The number of anilines is 1. The van der Waals surface area contributed by atoms with Gasteiger partial charge in [0.1, 0.15) is 17.4 Å². The van der Waals surface area contributed by atoms with E-state index < -0.39 is 5.91 Å². The Bertz CT molecular complexity index is 867. The lowest BCUT2D eigenvalue weighted by Gasteiger charge is -2.12. The summed E-state index contributed by atoms with van der Waals surface area (Å²) in [4.78, 5) is 12.5. The van der Waals surface area contributed by atoms with E-state index in [0.29, 0.717) is 0 Å². The van der Waals surface area contributed by atoms with Crippen molar-refractivity contribution in [3.8, 4) is 11.8 Å². The highest BCUT2D eigenvalue weighted by Gasteiger charge is 2.12. The summed E-state index contributed by atoms with van der Waals surface area (Å²) in [5.74, 6) is 0.295. The molecular weight excluding hydrogens is 392 g/mol. The zero-order chi connectivity index (χ0) is 19.1. The molecule has 0 aliphatic rings. The molecule has 4 nitrogen and oxygen atoms in total. The summed E-state index contributed by atoms with van der Waals surface area (Å²) < 4.78 is 6.44. The zero-order valence-electron chi connectivity index (χ0n) is 15.0. The number of amides is 1. The summed E-state index contributed by atoms with van der Waals surface area (Å²) in [6.07, 6.45) is 2.42. The Labute approximate surface area is 162 Å². The maximum absolute atomic E-state index is 12.5. The van der Waals surface area contributed by atoms with Crippen LogP contribution in [0.15, 0.2) is 52.5 Å². The Morgan fingerprint density at radius 3 is 2.65 bits per heavy atom. The minimum Gasteiger partial charge on any atom is -0.490 e. The number of halogens is 1. The third-order valence-corrected chi connectivity index (χ3v) is 4.26. The number of para-hydroxylation sites is 1. The van der Waals surface area contributed by atoms with E-state index in [4.69, 9.17) is 4.74 Å². The molecule has 1 N–H and O–H groups in total. The van der Waals surface area contributed by atoms with Gasteiger partial charge in [0.2, 0.25) is 0 Å². The lowest BCUT2D eigenvalue weighted by molar-refractivity contribution is -0.112. The molecule has 1 amide bonds. The molecule has 0 aliphatic carbocycles. The van der Waals surface area contributed by atoms with E-state index >= 15 is 0 Å². The summed E-state index contributed by atoms with van der Waals surface area (Å²) in [6.45, 7) is 5.92. The van der Waals surface area contributed by atoms with Crippen molar-refractivity contribution in [1.82, 2.24) is 0 Å². The zero-order valence-corrected chi connectivity index (χ0v) is 16.6. The first-order valence-electron chi connectivity index (χ1n) is 8.41. The lowest BCUT2D eigenvalue weighted by Crippen LogP contribution is -2.14. The van der Waals surface area contributed by atoms with E-state index in [9.17, 15) is 10.1 Å². The molecule has 2 aromatic carbocycles. The van der Waals surface area contributed by atoms with Gasteiger partial charge in [-0.2, -0.15) is 5.26 Å². The monoisotopic (exact) mass is 412 g/mol. The van der Waals surface area contributed by atoms with Gasteiger partial charge in [-0.05, 0) is 71.6 Å². The molecule has 0 saturated heterocycles. The van der Waals surface area contributed by atoms with E-state index in [2.05, 4.69) is 21.2 Å². The van der Waals surface area contributed by atoms with Crippen LogP contribution >= 0.6 is 15.9 Å². The van der Waals surface area contributed by atoms with Gasteiger partial charge in [0.05, 0.1) is 10.6 Å². The molecule has 0 radical (unpaired) electrons. The summed E-state index contributed by atoms with van der Waals surface area (Å²) >= 11 is 3.46. The molecular formula is C21H21BrN2O2. The fourth-order valence-corrected chi connectivity index (χ4v) is 2.90. The highest BCUT2D eigenvalue weighted by Crippen LogP contribution is 2.28. The van der Waals surface area contributed by atoms with Crippen molar-refractivity contribution in [3.05, 3.63) is 63.6 Å². The first-order chi connectivity index (χ1) is 12.4. The molecule has 0 unspecified atom stereocenters. The molecule has 134 valence electrons. The van der Waals surface area contributed by atoms with Crippen LogP contribution in [0.4, 0.5) is 5.69 Å². The normalized spacial score (nSPS) is 11.2. The second-order valence-electron chi connectivity index (χ2n) is 5.99. The number of benzene rings is 2. The number of rotatable bonds is 6. The van der Waals surface area contributed by atoms with Crippen molar-refractivity contribution in [3.63, 3.8) is 0 Å². The summed E-state index contributed by atoms with van der Waals surface area (Å²) in [5, 5.41) is 12.2. The van der Waals surface area contributed by atoms with E-state index in [1.807, 2.05) is 69.3 Å². The molecule has 0 atom stereocenters. The van der Waals surface area contributed by atoms with Crippen LogP contribution in [0.3, 0.4) is 0 Å². The van der Waals surface area contributed by atoms with Gasteiger partial charge >= 0.3 is 0 Å². The highest BCUT2D eigenvalue weighted by molar-refractivity contribution is 9.10. The third kappa shape index (κ3) is 5.21. The second-order valence-corrected chi connectivity index (χ2v) is 6.85. The smallest absolute Gasteiger partial charge is 0.266 e. The SMILES string of the molecule is CCc1ccccc1NC(=O)/C(C#N)=C/c1ccc(OC(C)C)c(Br)c1. The Morgan fingerprint density at radius 2 is 2.04 bits per heavy atom. The van der Waals surface area contributed by atoms with Crippen molar-refractivity contribution in [2.24, 2.45) is 0 Å². The van der Waals surface area contributed by atoms with Gasteiger partial charge in [-0.15, -0.1) is 0 Å². The van der Waals surface area contributed by atoms with Crippen LogP contribution in [-0.4, -0.2) is 12.0 Å². The van der Waals surface area contributed by atoms with Crippen LogP contribution in [0.1, 0.15) is 31.9 Å². The fraction of sp³-hybridized carbons (Fsp3) is 0.238. The van der Waals surface area contributed by atoms with Gasteiger partial charge < -0.3 is 10.1 Å². The summed E-state index contributed by atoms with van der Waals surface area (Å²) in [5.41, 5.74) is 2.53. The highest BCUT2D eigenvalue weighted by atomic mass is 79.9. The number of carbonyl (C=O) groups is 1. The largest absolute Gasteiger partial charge is 0.490 e. The average Bonchev–Trinajstić information content (AvgIpc) is 2.61. The van der Waals surface area contributed by atoms with Crippen molar-refractivity contribution < 1.29 is 9.53 Å². The van der Waals surface area contributed by atoms with Gasteiger partial charge in [0, 0.05) is 5.69 Å². The van der Waals surface area contributed by atoms with E-state index in [1.165, 1.54) is 0 Å². The quantitative estimate of drug-likeness (QED) is 0.513. The number of hydrogen-bond acceptors (Lipinski definition) is 3. The van der Waals surface area contributed by atoms with Crippen LogP contribution in [0.5, 0.6) is 5.75 Å². The number of nitriles is 1. The Hall–Kier alpha value is -2.58. The molecule has 0 spiro atoms. The Balaban J connectivity index is 2.23. The van der Waals surface area contributed by atoms with E-state index in [0.717, 1.165) is 33.5 Å². The number of aryl methyl sites for hydroxylation is 1.